The molecule has 2 rings (SSSR count). The fourth-order valence-electron chi connectivity index (χ4n) is 1.11. The molecule has 0 aliphatic carbocycles. The second kappa shape index (κ2) is 3.56. The largest absolute Gasteiger partial charge is 0.255 e. The van der Waals surface area contributed by atoms with Gasteiger partial charge in [-0.1, -0.05) is 27.5 Å². The average molecular weight is 321 g/mol. The van der Waals surface area contributed by atoms with E-state index in [0.717, 1.165) is 19.8 Å². The fourth-order valence-corrected chi connectivity index (χ4v) is 2.04. The Bertz CT molecular complexity index is 465. The molecule has 0 amide bonds. The van der Waals surface area contributed by atoms with Crippen LogP contribution < -0.4 is 0 Å². The van der Waals surface area contributed by atoms with E-state index in [-0.39, 0.29) is 0 Å². The van der Waals surface area contributed by atoms with Gasteiger partial charge >= 0.3 is 0 Å². The molecule has 0 radical (unpaired) electrons. The normalized spacial score (nSPS) is 10.7. The smallest absolute Gasteiger partial charge is 0.0737 e. The Morgan fingerprint density at radius 3 is 2.77 bits per heavy atom. The average Bonchev–Trinajstić information content (AvgIpc) is 2.12. The Morgan fingerprint density at radius 2 is 2.00 bits per heavy atom. The van der Waals surface area contributed by atoms with E-state index in [1.54, 1.807) is 6.20 Å². The molecule has 0 saturated heterocycles. The minimum Gasteiger partial charge on any atom is -0.255 e. The van der Waals surface area contributed by atoms with Crippen LogP contribution in [0.15, 0.2) is 33.3 Å². The van der Waals surface area contributed by atoms with Crippen LogP contribution in [0, 0.1) is 0 Å². The van der Waals surface area contributed by atoms with Crippen LogP contribution in [0.4, 0.5) is 0 Å². The predicted molar refractivity (Wildman–Crippen MR) is 62.2 cm³/mol. The van der Waals surface area contributed by atoms with Crippen molar-refractivity contribution < 1.29 is 0 Å². The first kappa shape index (κ1) is 9.44. The summed E-state index contributed by atoms with van der Waals surface area (Å²) >= 11 is 12.7. The van der Waals surface area contributed by atoms with Gasteiger partial charge in [0.05, 0.1) is 10.5 Å². The molecule has 13 heavy (non-hydrogen) atoms. The summed E-state index contributed by atoms with van der Waals surface area (Å²) in [4.78, 5) is 4.20. The van der Waals surface area contributed by atoms with Crippen molar-refractivity contribution in [2.45, 2.75) is 0 Å². The molecule has 0 aliphatic heterocycles. The molecule has 0 aliphatic rings. The van der Waals surface area contributed by atoms with Crippen LogP contribution in [0.2, 0.25) is 5.02 Å². The highest BCUT2D eigenvalue weighted by Crippen LogP contribution is 2.30. The zero-order valence-corrected chi connectivity index (χ0v) is 10.3. The van der Waals surface area contributed by atoms with Gasteiger partial charge in [-0.15, -0.1) is 0 Å². The molecule has 0 N–H and O–H groups in total. The lowest BCUT2D eigenvalue weighted by molar-refractivity contribution is 1.40. The Kier molecular flexibility index (Phi) is 2.58. The summed E-state index contributed by atoms with van der Waals surface area (Å²) in [5.74, 6) is 0. The van der Waals surface area contributed by atoms with Crippen molar-refractivity contribution in [2.24, 2.45) is 0 Å². The van der Waals surface area contributed by atoms with Gasteiger partial charge in [-0.25, -0.2) is 0 Å². The molecule has 1 heterocycles. The first-order chi connectivity index (χ1) is 6.18. The van der Waals surface area contributed by atoms with Gasteiger partial charge in [0.25, 0.3) is 0 Å². The first-order valence-electron chi connectivity index (χ1n) is 3.58. The van der Waals surface area contributed by atoms with Gasteiger partial charge < -0.3 is 0 Å². The van der Waals surface area contributed by atoms with Crippen LogP contribution in [-0.4, -0.2) is 4.98 Å². The quantitative estimate of drug-likeness (QED) is 0.700. The van der Waals surface area contributed by atoms with E-state index in [1.807, 2.05) is 18.2 Å². The van der Waals surface area contributed by atoms with Crippen molar-refractivity contribution in [3.05, 3.63) is 38.4 Å². The zero-order valence-electron chi connectivity index (χ0n) is 6.39. The number of rotatable bonds is 0. The lowest BCUT2D eigenvalue weighted by Crippen LogP contribution is -1.80. The van der Waals surface area contributed by atoms with E-state index in [9.17, 15) is 0 Å². The van der Waals surface area contributed by atoms with Gasteiger partial charge in [-0.3, -0.25) is 4.98 Å². The van der Waals surface area contributed by atoms with E-state index in [1.165, 1.54) is 0 Å². The number of halogens is 3. The van der Waals surface area contributed by atoms with Crippen LogP contribution >= 0.6 is 43.5 Å². The van der Waals surface area contributed by atoms with Gasteiger partial charge in [0.15, 0.2) is 0 Å². The molecular weight excluding hydrogens is 317 g/mol. The molecule has 66 valence electrons. The molecule has 0 fully saturated rings. The molecule has 0 unspecified atom stereocenters. The Hall–Kier alpha value is -0.120. The summed E-state index contributed by atoms with van der Waals surface area (Å²) in [6.45, 7) is 0. The first-order valence-corrected chi connectivity index (χ1v) is 5.54. The maximum absolute atomic E-state index is 5.92. The molecule has 0 spiro atoms. The van der Waals surface area contributed by atoms with Crippen molar-refractivity contribution in [1.82, 2.24) is 4.98 Å². The molecule has 1 nitrogen and oxygen atoms in total. The highest BCUT2D eigenvalue weighted by molar-refractivity contribution is 9.11. The molecule has 0 saturated carbocycles. The summed E-state index contributed by atoms with van der Waals surface area (Å²) in [6.07, 6.45) is 1.64. The monoisotopic (exact) mass is 319 g/mol. The summed E-state index contributed by atoms with van der Waals surface area (Å²) < 4.78 is 1.91. The van der Waals surface area contributed by atoms with E-state index in [2.05, 4.69) is 36.8 Å². The van der Waals surface area contributed by atoms with Gasteiger partial charge in [0, 0.05) is 20.5 Å². The molecule has 1 aromatic carbocycles. The summed E-state index contributed by atoms with van der Waals surface area (Å²) in [6, 6.07) is 5.88. The lowest BCUT2D eigenvalue weighted by atomic mass is 10.2. The summed E-state index contributed by atoms with van der Waals surface area (Å²) in [7, 11) is 0. The predicted octanol–water partition coefficient (Wildman–Crippen LogP) is 4.41. The standard InChI is InChI=1S/C9H4Br2ClN/c10-5-1-2-8-6(3-5)9(11)7(12)4-13-8/h1-4H. The van der Waals surface area contributed by atoms with Gasteiger partial charge in [0.1, 0.15) is 0 Å². The number of hydrogen-bond donors (Lipinski definition) is 0. The minimum absolute atomic E-state index is 0.630. The number of nitrogens with zero attached hydrogens (tertiary/aromatic N) is 1. The molecule has 0 bridgehead atoms. The van der Waals surface area contributed by atoms with Crippen molar-refractivity contribution in [1.29, 1.82) is 0 Å². The summed E-state index contributed by atoms with van der Waals surface area (Å²) in [5.41, 5.74) is 0.930. The van der Waals surface area contributed by atoms with Crippen molar-refractivity contribution in [3.63, 3.8) is 0 Å². The van der Waals surface area contributed by atoms with Crippen molar-refractivity contribution >= 4 is 54.4 Å². The van der Waals surface area contributed by atoms with Crippen LogP contribution in [-0.2, 0) is 0 Å². The molecule has 2 aromatic rings. The van der Waals surface area contributed by atoms with Crippen LogP contribution in [0.25, 0.3) is 10.9 Å². The van der Waals surface area contributed by atoms with Gasteiger partial charge in [-0.05, 0) is 34.1 Å². The topological polar surface area (TPSA) is 12.9 Å². The number of fused-ring (bicyclic) bond motifs is 1. The Morgan fingerprint density at radius 1 is 1.23 bits per heavy atom. The molecule has 0 atom stereocenters. The number of hydrogen-bond acceptors (Lipinski definition) is 1. The second-order valence-corrected chi connectivity index (χ2v) is 4.70. The van der Waals surface area contributed by atoms with Gasteiger partial charge in [0.2, 0.25) is 0 Å². The van der Waals surface area contributed by atoms with Crippen LogP contribution in [0.3, 0.4) is 0 Å². The van der Waals surface area contributed by atoms with Gasteiger partial charge in [-0.2, -0.15) is 0 Å². The highest BCUT2D eigenvalue weighted by atomic mass is 79.9. The molecule has 1 aromatic heterocycles. The minimum atomic E-state index is 0.630. The Labute approximate surface area is 97.4 Å². The van der Waals surface area contributed by atoms with Crippen LogP contribution in [0.1, 0.15) is 0 Å². The number of benzene rings is 1. The number of pyridine rings is 1. The van der Waals surface area contributed by atoms with E-state index in [0.29, 0.717) is 5.02 Å². The Balaban J connectivity index is 2.89. The third-order valence-corrected chi connectivity index (χ3v) is 3.58. The number of aromatic nitrogens is 1. The van der Waals surface area contributed by atoms with Crippen molar-refractivity contribution in [3.8, 4) is 0 Å². The van der Waals surface area contributed by atoms with E-state index >= 15 is 0 Å². The van der Waals surface area contributed by atoms with E-state index in [4.69, 9.17) is 11.6 Å². The van der Waals surface area contributed by atoms with E-state index < -0.39 is 0 Å². The molecule has 4 heteroatoms. The third kappa shape index (κ3) is 1.73. The summed E-state index contributed by atoms with van der Waals surface area (Å²) in [5, 5.41) is 1.65. The maximum atomic E-state index is 5.92. The molecular formula is C9H4Br2ClN. The second-order valence-electron chi connectivity index (χ2n) is 2.58. The maximum Gasteiger partial charge on any atom is 0.0737 e. The zero-order chi connectivity index (χ0) is 9.42. The van der Waals surface area contributed by atoms with Crippen LogP contribution in [0.5, 0.6) is 0 Å². The lowest BCUT2D eigenvalue weighted by Gasteiger charge is -2.01. The third-order valence-electron chi connectivity index (χ3n) is 1.72. The highest BCUT2D eigenvalue weighted by Gasteiger charge is 2.04. The SMILES string of the molecule is Clc1cnc2ccc(Br)cc2c1Br. The fraction of sp³-hybridized carbons (Fsp3) is 0. The van der Waals surface area contributed by atoms with Crippen molar-refractivity contribution in [2.75, 3.05) is 0 Å².